The van der Waals surface area contributed by atoms with Gasteiger partial charge in [-0.15, -0.1) is 5.73 Å². The van der Waals surface area contributed by atoms with Gasteiger partial charge in [0.15, 0.2) is 5.79 Å². The predicted octanol–water partition coefficient (Wildman–Crippen LogP) is 2.43. The molecule has 1 aromatic rings. The first-order chi connectivity index (χ1) is 10.0. The Labute approximate surface area is 125 Å². The molecule has 0 bridgehead atoms. The molecule has 21 heavy (non-hydrogen) atoms. The molecule has 0 saturated carbocycles. The van der Waals surface area contributed by atoms with E-state index in [1.807, 2.05) is 44.2 Å². The van der Waals surface area contributed by atoms with Crippen molar-refractivity contribution in [2.45, 2.75) is 38.4 Å². The standard InChI is InChI=1S/C17H22O4/c1-4-14(11-19-10-13-8-6-5-7-9-13)16(18)15-12-20-17(2,3)21-15/h5-9,15-16,18H,1,10-12H2,2-3H3/t15-,16-/m1/s1. The number of rotatable bonds is 6. The van der Waals surface area contributed by atoms with Gasteiger partial charge in [0.2, 0.25) is 0 Å². The second-order valence-electron chi connectivity index (χ2n) is 5.49. The highest BCUT2D eigenvalue weighted by molar-refractivity contribution is 5.14. The van der Waals surface area contributed by atoms with Crippen molar-refractivity contribution in [1.82, 2.24) is 0 Å². The molecule has 1 saturated heterocycles. The summed E-state index contributed by atoms with van der Waals surface area (Å²) in [4.78, 5) is 0. The molecule has 1 aliphatic heterocycles. The Morgan fingerprint density at radius 1 is 1.48 bits per heavy atom. The molecule has 4 nitrogen and oxygen atoms in total. The van der Waals surface area contributed by atoms with Gasteiger partial charge in [0, 0.05) is 5.57 Å². The molecule has 0 spiro atoms. The summed E-state index contributed by atoms with van der Waals surface area (Å²) in [5.41, 5.74) is 4.41. The zero-order valence-corrected chi connectivity index (χ0v) is 12.5. The first-order valence-corrected chi connectivity index (χ1v) is 7.02. The maximum absolute atomic E-state index is 10.3. The van der Waals surface area contributed by atoms with Gasteiger partial charge in [0.05, 0.1) is 19.8 Å². The molecule has 2 rings (SSSR count). The van der Waals surface area contributed by atoms with Crippen molar-refractivity contribution in [3.8, 4) is 0 Å². The lowest BCUT2D eigenvalue weighted by molar-refractivity contribution is -0.148. The topological polar surface area (TPSA) is 47.9 Å². The molecule has 0 radical (unpaired) electrons. The molecule has 1 aromatic carbocycles. The Morgan fingerprint density at radius 2 is 2.19 bits per heavy atom. The summed E-state index contributed by atoms with van der Waals surface area (Å²) in [6.07, 6.45) is -1.23. The molecule has 0 unspecified atom stereocenters. The molecular formula is C17H22O4. The zero-order chi connectivity index (χ0) is 15.3. The van der Waals surface area contributed by atoms with E-state index in [1.54, 1.807) is 0 Å². The highest BCUT2D eigenvalue weighted by Crippen LogP contribution is 2.26. The molecule has 0 amide bonds. The molecule has 1 heterocycles. The molecule has 4 heteroatoms. The normalized spacial score (nSPS) is 21.8. The number of aliphatic hydroxyl groups is 1. The number of aliphatic hydroxyl groups excluding tert-OH is 1. The monoisotopic (exact) mass is 290 g/mol. The Kier molecular flexibility index (Phi) is 5.34. The van der Waals surface area contributed by atoms with Crippen LogP contribution >= 0.6 is 0 Å². The summed E-state index contributed by atoms with van der Waals surface area (Å²) >= 11 is 0. The molecule has 2 atom stereocenters. The van der Waals surface area contributed by atoms with Crippen molar-refractivity contribution < 1.29 is 19.3 Å². The molecule has 1 fully saturated rings. The van der Waals surface area contributed by atoms with E-state index in [0.29, 0.717) is 18.8 Å². The first-order valence-electron chi connectivity index (χ1n) is 7.02. The summed E-state index contributed by atoms with van der Waals surface area (Å²) in [6, 6.07) is 9.86. The van der Waals surface area contributed by atoms with Crippen molar-refractivity contribution in [3.63, 3.8) is 0 Å². The average Bonchev–Trinajstić information content (AvgIpc) is 2.84. The van der Waals surface area contributed by atoms with Crippen LogP contribution in [0.5, 0.6) is 0 Å². The summed E-state index contributed by atoms with van der Waals surface area (Å²) in [5, 5.41) is 10.3. The fourth-order valence-electron chi connectivity index (χ4n) is 2.19. The first kappa shape index (κ1) is 16.0. The second-order valence-corrected chi connectivity index (χ2v) is 5.49. The summed E-state index contributed by atoms with van der Waals surface area (Å²) in [6.45, 7) is 8.35. The minimum Gasteiger partial charge on any atom is -0.385 e. The predicted molar refractivity (Wildman–Crippen MR) is 79.7 cm³/mol. The average molecular weight is 290 g/mol. The summed E-state index contributed by atoms with van der Waals surface area (Å²) < 4.78 is 16.7. The minimum atomic E-state index is -0.819. The number of hydrogen-bond donors (Lipinski definition) is 1. The molecule has 1 aliphatic rings. The van der Waals surface area contributed by atoms with Crippen LogP contribution in [0.15, 0.2) is 48.2 Å². The van der Waals surface area contributed by atoms with Crippen LogP contribution < -0.4 is 0 Å². The number of ether oxygens (including phenoxy) is 3. The van der Waals surface area contributed by atoms with Crippen molar-refractivity contribution >= 4 is 0 Å². The van der Waals surface area contributed by atoms with Crippen LogP contribution in [-0.2, 0) is 20.8 Å². The van der Waals surface area contributed by atoms with E-state index in [9.17, 15) is 5.11 Å². The smallest absolute Gasteiger partial charge is 0.163 e. The van der Waals surface area contributed by atoms with E-state index < -0.39 is 18.0 Å². The quantitative estimate of drug-likeness (QED) is 0.817. The number of hydrogen-bond acceptors (Lipinski definition) is 4. The van der Waals surface area contributed by atoms with Crippen LogP contribution in [0.2, 0.25) is 0 Å². The van der Waals surface area contributed by atoms with Gasteiger partial charge in [-0.05, 0) is 19.4 Å². The second kappa shape index (κ2) is 7.03. The van der Waals surface area contributed by atoms with Gasteiger partial charge in [-0.1, -0.05) is 36.9 Å². The van der Waals surface area contributed by atoms with E-state index in [1.165, 1.54) is 0 Å². The van der Waals surface area contributed by atoms with Gasteiger partial charge in [0.1, 0.15) is 12.2 Å². The van der Waals surface area contributed by atoms with Crippen molar-refractivity contribution in [2.75, 3.05) is 13.2 Å². The van der Waals surface area contributed by atoms with Crippen LogP contribution in [0.3, 0.4) is 0 Å². The lowest BCUT2D eigenvalue weighted by atomic mass is 10.1. The van der Waals surface area contributed by atoms with Gasteiger partial charge in [0.25, 0.3) is 0 Å². The van der Waals surface area contributed by atoms with Gasteiger partial charge in [-0.2, -0.15) is 0 Å². The fraction of sp³-hybridized carbons (Fsp3) is 0.471. The SMILES string of the molecule is C=C=C(COCc1ccccc1)[C@@H](O)[C@H]1COC(C)(C)O1. The third kappa shape index (κ3) is 4.53. The van der Waals surface area contributed by atoms with Crippen LogP contribution in [-0.4, -0.2) is 36.3 Å². The van der Waals surface area contributed by atoms with Gasteiger partial charge >= 0.3 is 0 Å². The zero-order valence-electron chi connectivity index (χ0n) is 12.5. The van der Waals surface area contributed by atoms with E-state index >= 15 is 0 Å². The largest absolute Gasteiger partial charge is 0.385 e. The van der Waals surface area contributed by atoms with Crippen LogP contribution in [0.25, 0.3) is 0 Å². The van der Waals surface area contributed by atoms with Crippen molar-refractivity contribution in [1.29, 1.82) is 0 Å². The van der Waals surface area contributed by atoms with Crippen molar-refractivity contribution in [3.05, 3.63) is 53.8 Å². The molecular weight excluding hydrogens is 268 g/mol. The molecule has 0 aromatic heterocycles. The van der Waals surface area contributed by atoms with Crippen LogP contribution in [0.4, 0.5) is 0 Å². The van der Waals surface area contributed by atoms with Gasteiger partial charge in [-0.3, -0.25) is 0 Å². The maximum atomic E-state index is 10.3. The third-order valence-electron chi connectivity index (χ3n) is 3.34. The van der Waals surface area contributed by atoms with Crippen LogP contribution in [0, 0.1) is 0 Å². The van der Waals surface area contributed by atoms with Crippen molar-refractivity contribution in [2.24, 2.45) is 0 Å². The van der Waals surface area contributed by atoms with Crippen LogP contribution in [0.1, 0.15) is 19.4 Å². The molecule has 114 valence electrons. The Hall–Kier alpha value is -1.42. The Morgan fingerprint density at radius 3 is 2.76 bits per heavy atom. The summed E-state index contributed by atoms with van der Waals surface area (Å²) in [7, 11) is 0. The van der Waals surface area contributed by atoms with E-state index in [-0.39, 0.29) is 6.61 Å². The Bertz CT molecular complexity index is 503. The Balaban J connectivity index is 1.84. The van der Waals surface area contributed by atoms with Gasteiger partial charge < -0.3 is 19.3 Å². The molecule has 1 N–H and O–H groups in total. The summed E-state index contributed by atoms with van der Waals surface area (Å²) in [5.74, 6) is -0.664. The van der Waals surface area contributed by atoms with Gasteiger partial charge in [-0.25, -0.2) is 0 Å². The lowest BCUT2D eigenvalue weighted by Gasteiger charge is -2.21. The highest BCUT2D eigenvalue weighted by atomic mass is 16.7. The maximum Gasteiger partial charge on any atom is 0.163 e. The highest BCUT2D eigenvalue weighted by Gasteiger charge is 2.38. The van der Waals surface area contributed by atoms with E-state index in [2.05, 4.69) is 12.3 Å². The lowest BCUT2D eigenvalue weighted by Crippen LogP contribution is -2.33. The fourth-order valence-corrected chi connectivity index (χ4v) is 2.19. The van der Waals surface area contributed by atoms with E-state index in [0.717, 1.165) is 5.56 Å². The number of benzene rings is 1. The van der Waals surface area contributed by atoms with E-state index in [4.69, 9.17) is 14.2 Å². The minimum absolute atomic E-state index is 0.264. The third-order valence-corrected chi connectivity index (χ3v) is 3.34. The molecule has 0 aliphatic carbocycles.